The van der Waals surface area contributed by atoms with Gasteiger partial charge in [0.25, 0.3) is 0 Å². The molecule has 0 spiro atoms. The number of halogens is 1. The molecule has 27 heavy (non-hydrogen) atoms. The highest BCUT2D eigenvalue weighted by atomic mass is 35.5. The van der Waals surface area contributed by atoms with Crippen molar-refractivity contribution in [2.45, 2.75) is 13.5 Å². The van der Waals surface area contributed by atoms with Gasteiger partial charge in [0.05, 0.1) is 6.61 Å². The summed E-state index contributed by atoms with van der Waals surface area (Å²) in [5, 5.41) is 3.38. The van der Waals surface area contributed by atoms with Crippen molar-refractivity contribution in [2.75, 3.05) is 31.7 Å². The van der Waals surface area contributed by atoms with Gasteiger partial charge in [0.15, 0.2) is 0 Å². The highest BCUT2D eigenvalue weighted by Gasteiger charge is 2.15. The minimum absolute atomic E-state index is 0.0516. The van der Waals surface area contributed by atoms with E-state index < -0.39 is 0 Å². The number of hydrogen-bond acceptors (Lipinski definition) is 4. The number of rotatable bonds is 9. The average Bonchev–Trinajstić information content (AvgIpc) is 2.66. The van der Waals surface area contributed by atoms with Gasteiger partial charge in [-0.1, -0.05) is 23.7 Å². The number of nitrogens with one attached hydrogen (secondary N) is 1. The van der Waals surface area contributed by atoms with Crippen LogP contribution in [-0.4, -0.2) is 38.6 Å². The van der Waals surface area contributed by atoms with Crippen LogP contribution >= 0.6 is 11.6 Å². The second-order valence-corrected chi connectivity index (χ2v) is 6.29. The Morgan fingerprint density at radius 1 is 1.07 bits per heavy atom. The summed E-state index contributed by atoms with van der Waals surface area (Å²) in [6.45, 7) is 2.61. The topological polar surface area (TPSA) is 67.9 Å². The average molecular weight is 391 g/mol. The summed E-state index contributed by atoms with van der Waals surface area (Å²) in [6.07, 6.45) is 0. The van der Waals surface area contributed by atoms with Gasteiger partial charge in [-0.2, -0.15) is 0 Å². The predicted molar refractivity (Wildman–Crippen MR) is 105 cm³/mol. The molecule has 7 heteroatoms. The molecular weight excluding hydrogens is 368 g/mol. The molecule has 144 valence electrons. The third-order valence-electron chi connectivity index (χ3n) is 3.78. The number of amides is 2. The van der Waals surface area contributed by atoms with Crippen molar-refractivity contribution in [1.29, 1.82) is 0 Å². The Morgan fingerprint density at radius 2 is 1.74 bits per heavy atom. The molecule has 0 radical (unpaired) electrons. The number of benzene rings is 2. The van der Waals surface area contributed by atoms with E-state index in [4.69, 9.17) is 21.1 Å². The Kier molecular flexibility index (Phi) is 8.10. The molecule has 6 nitrogen and oxygen atoms in total. The Morgan fingerprint density at radius 3 is 2.33 bits per heavy atom. The number of methoxy groups -OCH3 is 1. The van der Waals surface area contributed by atoms with Gasteiger partial charge >= 0.3 is 0 Å². The third kappa shape index (κ3) is 6.92. The van der Waals surface area contributed by atoms with E-state index in [1.807, 2.05) is 24.3 Å². The molecule has 0 aliphatic heterocycles. The standard InChI is InChI=1S/C20H23ClN2O4/c1-15(24)23(13-20(25)22-11-12-26-2)18-7-9-19(10-8-18)27-14-16-3-5-17(21)6-4-16/h3-10H,11-14H2,1-2H3,(H,22,25). The van der Waals surface area contributed by atoms with Crippen LogP contribution in [0.3, 0.4) is 0 Å². The van der Waals surface area contributed by atoms with Crippen LogP contribution in [0.15, 0.2) is 48.5 Å². The molecule has 0 atom stereocenters. The molecule has 0 unspecified atom stereocenters. The minimum atomic E-state index is -0.245. The molecule has 2 rings (SSSR count). The minimum Gasteiger partial charge on any atom is -0.489 e. The van der Waals surface area contributed by atoms with Crippen molar-refractivity contribution in [3.05, 3.63) is 59.1 Å². The molecule has 0 aliphatic rings. The van der Waals surface area contributed by atoms with Crippen LogP contribution in [0.1, 0.15) is 12.5 Å². The summed E-state index contributed by atoms with van der Waals surface area (Å²) < 4.78 is 10.6. The smallest absolute Gasteiger partial charge is 0.240 e. The van der Waals surface area contributed by atoms with Gasteiger partial charge in [0.2, 0.25) is 11.8 Å². The summed E-state index contributed by atoms with van der Waals surface area (Å²) in [5.41, 5.74) is 1.63. The molecule has 1 N–H and O–H groups in total. The monoisotopic (exact) mass is 390 g/mol. The highest BCUT2D eigenvalue weighted by Crippen LogP contribution is 2.21. The number of hydrogen-bond donors (Lipinski definition) is 1. The number of carbonyl (C=O) groups is 2. The Balaban J connectivity index is 1.94. The number of carbonyl (C=O) groups excluding carboxylic acids is 2. The van der Waals surface area contributed by atoms with Gasteiger partial charge in [-0.25, -0.2) is 0 Å². The van der Waals surface area contributed by atoms with E-state index in [9.17, 15) is 9.59 Å². The van der Waals surface area contributed by atoms with Crippen LogP contribution in [0, 0.1) is 0 Å². The zero-order chi connectivity index (χ0) is 19.6. The zero-order valence-electron chi connectivity index (χ0n) is 15.4. The van der Waals surface area contributed by atoms with Crippen LogP contribution in [0.25, 0.3) is 0 Å². The van der Waals surface area contributed by atoms with Crippen molar-refractivity contribution in [3.8, 4) is 5.75 Å². The highest BCUT2D eigenvalue weighted by molar-refractivity contribution is 6.30. The summed E-state index contributed by atoms with van der Waals surface area (Å²) in [5.74, 6) is 0.207. The van der Waals surface area contributed by atoms with Gasteiger partial charge in [-0.15, -0.1) is 0 Å². The normalized spacial score (nSPS) is 10.3. The molecular formula is C20H23ClN2O4. The van der Waals surface area contributed by atoms with Crippen LogP contribution in [-0.2, 0) is 20.9 Å². The van der Waals surface area contributed by atoms with E-state index in [-0.39, 0.29) is 18.4 Å². The maximum Gasteiger partial charge on any atom is 0.240 e. The molecule has 0 aromatic heterocycles. The first-order valence-corrected chi connectivity index (χ1v) is 8.88. The fourth-order valence-corrected chi connectivity index (χ4v) is 2.47. The van der Waals surface area contributed by atoms with Gasteiger partial charge in [0, 0.05) is 31.3 Å². The Hall–Kier alpha value is -2.57. The van der Waals surface area contributed by atoms with E-state index in [1.54, 1.807) is 31.4 Å². The quantitative estimate of drug-likeness (QED) is 0.668. The second-order valence-electron chi connectivity index (χ2n) is 5.86. The van der Waals surface area contributed by atoms with Crippen LogP contribution in [0.5, 0.6) is 5.75 Å². The van der Waals surface area contributed by atoms with Gasteiger partial charge in [-0.3, -0.25) is 9.59 Å². The maximum absolute atomic E-state index is 12.0. The molecule has 0 aliphatic carbocycles. The molecule has 2 amide bonds. The fourth-order valence-electron chi connectivity index (χ4n) is 2.35. The molecule has 0 heterocycles. The summed E-state index contributed by atoms with van der Waals surface area (Å²) in [7, 11) is 1.56. The summed E-state index contributed by atoms with van der Waals surface area (Å²) in [4.78, 5) is 25.3. The fraction of sp³-hybridized carbons (Fsp3) is 0.300. The SMILES string of the molecule is COCCNC(=O)CN(C(C)=O)c1ccc(OCc2ccc(Cl)cc2)cc1. The van der Waals surface area contributed by atoms with Crippen LogP contribution in [0.4, 0.5) is 5.69 Å². The van der Waals surface area contributed by atoms with E-state index in [0.717, 1.165) is 5.56 Å². The largest absolute Gasteiger partial charge is 0.489 e. The lowest BCUT2D eigenvalue weighted by atomic mass is 10.2. The van der Waals surface area contributed by atoms with Crippen molar-refractivity contribution < 1.29 is 19.1 Å². The Bertz CT molecular complexity index is 748. The van der Waals surface area contributed by atoms with Gasteiger partial charge in [0.1, 0.15) is 18.9 Å². The molecule has 0 fully saturated rings. The lowest BCUT2D eigenvalue weighted by molar-refractivity contribution is -0.123. The van der Waals surface area contributed by atoms with Crippen LogP contribution < -0.4 is 15.0 Å². The molecule has 0 saturated heterocycles. The number of ether oxygens (including phenoxy) is 2. The first kappa shape index (κ1) is 20.7. The van der Waals surface area contributed by atoms with E-state index in [0.29, 0.717) is 36.2 Å². The molecule has 2 aromatic rings. The van der Waals surface area contributed by atoms with Crippen molar-refractivity contribution in [2.24, 2.45) is 0 Å². The maximum atomic E-state index is 12.0. The predicted octanol–water partition coefficient (Wildman–Crippen LogP) is 3.03. The Labute approximate surface area is 164 Å². The van der Waals surface area contributed by atoms with Crippen molar-refractivity contribution in [3.63, 3.8) is 0 Å². The number of nitrogens with zero attached hydrogens (tertiary/aromatic N) is 1. The van der Waals surface area contributed by atoms with Crippen molar-refractivity contribution >= 4 is 29.1 Å². The van der Waals surface area contributed by atoms with Gasteiger partial charge in [-0.05, 0) is 42.0 Å². The number of anilines is 1. The van der Waals surface area contributed by atoms with Crippen LogP contribution in [0.2, 0.25) is 5.02 Å². The van der Waals surface area contributed by atoms with E-state index >= 15 is 0 Å². The summed E-state index contributed by atoms with van der Waals surface area (Å²) in [6, 6.07) is 14.5. The zero-order valence-corrected chi connectivity index (χ0v) is 16.2. The molecule has 2 aromatic carbocycles. The molecule has 0 saturated carbocycles. The lowest BCUT2D eigenvalue weighted by Crippen LogP contribution is -2.40. The first-order valence-electron chi connectivity index (χ1n) is 8.50. The summed E-state index contributed by atoms with van der Waals surface area (Å²) >= 11 is 5.87. The molecule has 0 bridgehead atoms. The van der Waals surface area contributed by atoms with Gasteiger partial charge < -0.3 is 19.7 Å². The third-order valence-corrected chi connectivity index (χ3v) is 4.03. The van der Waals surface area contributed by atoms with Crippen molar-refractivity contribution in [1.82, 2.24) is 5.32 Å². The second kappa shape index (κ2) is 10.5. The van der Waals surface area contributed by atoms with E-state index in [2.05, 4.69) is 5.32 Å². The van der Waals surface area contributed by atoms with E-state index in [1.165, 1.54) is 11.8 Å². The first-order chi connectivity index (χ1) is 13.0. The lowest BCUT2D eigenvalue weighted by Gasteiger charge is -2.21.